The summed E-state index contributed by atoms with van der Waals surface area (Å²) in [6.07, 6.45) is 4.87. The molecule has 7 nitrogen and oxygen atoms in total. The molecule has 35 heavy (non-hydrogen) atoms. The van der Waals surface area contributed by atoms with E-state index in [2.05, 4.69) is 5.10 Å². The van der Waals surface area contributed by atoms with Crippen molar-refractivity contribution in [3.63, 3.8) is 0 Å². The van der Waals surface area contributed by atoms with Gasteiger partial charge >= 0.3 is 0 Å². The molecule has 2 N–H and O–H groups in total. The topological polar surface area (TPSA) is 84.4 Å². The minimum atomic E-state index is -0.827. The van der Waals surface area contributed by atoms with E-state index >= 15 is 0 Å². The van der Waals surface area contributed by atoms with Crippen LogP contribution in [0.25, 0.3) is 5.65 Å². The molecule has 1 saturated carbocycles. The van der Waals surface area contributed by atoms with Crippen LogP contribution in [-0.4, -0.2) is 55.5 Å². The van der Waals surface area contributed by atoms with Crippen LogP contribution in [0.5, 0.6) is 0 Å². The van der Waals surface area contributed by atoms with Gasteiger partial charge in [-0.25, -0.2) is 22.7 Å². The molecule has 0 radical (unpaired) electrons. The fourth-order valence-electron chi connectivity index (χ4n) is 5.53. The van der Waals surface area contributed by atoms with Gasteiger partial charge in [0.25, 0.3) is 0 Å². The summed E-state index contributed by atoms with van der Waals surface area (Å²) in [6, 6.07) is 5.42. The number of aromatic nitrogens is 3. The number of thioether (sulfide) groups is 1. The van der Waals surface area contributed by atoms with Gasteiger partial charge in [-0.2, -0.15) is 5.10 Å². The van der Waals surface area contributed by atoms with E-state index in [1.807, 2.05) is 11.0 Å². The first-order valence-electron chi connectivity index (χ1n) is 11.7. The molecule has 0 bridgehead atoms. The van der Waals surface area contributed by atoms with Gasteiger partial charge in [0, 0.05) is 31.4 Å². The Morgan fingerprint density at radius 1 is 1.09 bits per heavy atom. The first-order chi connectivity index (χ1) is 16.9. The van der Waals surface area contributed by atoms with Crippen molar-refractivity contribution >= 4 is 33.4 Å². The number of halogens is 3. The standard InChI is InChI=1S/C24H24F3N7S/c25-15-4-7-32(8-5-15)23(29)35-21(28)17-13-30-34-10-6-20(31-22(17)34)33-9-3-14-12-24(14,33)18-11-16(26)1-2-19(18)27/h1-2,6,10-11,13-15,28-29H,3-5,7-9,12H2/t14-,24+/m0/s1. The zero-order valence-electron chi connectivity index (χ0n) is 18.8. The Kier molecular flexibility index (Phi) is 5.28. The van der Waals surface area contributed by atoms with Crippen molar-refractivity contribution in [2.24, 2.45) is 5.92 Å². The van der Waals surface area contributed by atoms with Crippen molar-refractivity contribution in [2.45, 2.75) is 37.4 Å². The molecule has 2 aromatic heterocycles. The van der Waals surface area contributed by atoms with Crippen LogP contribution in [-0.2, 0) is 5.54 Å². The number of nitrogens with one attached hydrogen (secondary N) is 2. The van der Waals surface area contributed by atoms with Crippen molar-refractivity contribution in [1.29, 1.82) is 10.8 Å². The number of likely N-dealkylation sites (tertiary alicyclic amines) is 1. The zero-order chi connectivity index (χ0) is 24.3. The van der Waals surface area contributed by atoms with E-state index in [-0.39, 0.29) is 16.1 Å². The van der Waals surface area contributed by atoms with Gasteiger partial charge in [-0.1, -0.05) is 0 Å². The van der Waals surface area contributed by atoms with Gasteiger partial charge in [0.2, 0.25) is 0 Å². The molecule has 1 aliphatic carbocycles. The fraction of sp³-hybridized carbons (Fsp3) is 0.417. The van der Waals surface area contributed by atoms with Crippen LogP contribution in [0.2, 0.25) is 0 Å². The molecule has 2 saturated heterocycles. The number of hydrogen-bond donors (Lipinski definition) is 2. The molecule has 2 aliphatic heterocycles. The fourth-order valence-corrected chi connectivity index (χ4v) is 6.29. The Hall–Kier alpha value is -3.08. The Morgan fingerprint density at radius 3 is 2.66 bits per heavy atom. The molecule has 1 aromatic carbocycles. The first-order valence-corrected chi connectivity index (χ1v) is 12.5. The SMILES string of the molecule is N=C(SC(=N)N1CCC(F)CC1)c1cnn2ccc(N3CC[C@H]4C[C@]43c3cc(F)ccc3F)nc12. The third-order valence-corrected chi connectivity index (χ3v) is 8.31. The largest absolute Gasteiger partial charge is 0.351 e. The third-order valence-electron chi connectivity index (χ3n) is 7.44. The number of fused-ring (bicyclic) bond motifs is 2. The van der Waals surface area contributed by atoms with Crippen LogP contribution in [0.3, 0.4) is 0 Å². The molecule has 0 spiro atoms. The molecular formula is C24H24F3N7S. The molecule has 2 atom stereocenters. The number of alkyl halides is 1. The monoisotopic (exact) mass is 499 g/mol. The smallest absolute Gasteiger partial charge is 0.167 e. The quantitative estimate of drug-likeness (QED) is 0.408. The molecule has 0 unspecified atom stereocenters. The minimum Gasteiger partial charge on any atom is -0.351 e. The summed E-state index contributed by atoms with van der Waals surface area (Å²) in [5.41, 5.74) is 0.711. The van der Waals surface area contributed by atoms with E-state index in [4.69, 9.17) is 15.8 Å². The number of anilines is 1. The van der Waals surface area contributed by atoms with Gasteiger partial charge in [-0.05, 0) is 67.6 Å². The lowest BCUT2D eigenvalue weighted by Gasteiger charge is -2.30. The average Bonchev–Trinajstić information content (AvgIpc) is 3.22. The van der Waals surface area contributed by atoms with Crippen LogP contribution in [0.1, 0.15) is 36.8 Å². The number of nitrogens with zero attached hydrogens (tertiary/aromatic N) is 5. The lowest BCUT2D eigenvalue weighted by Crippen LogP contribution is -2.37. The van der Waals surface area contributed by atoms with Crippen LogP contribution in [0, 0.1) is 28.4 Å². The second kappa shape index (κ2) is 8.25. The van der Waals surface area contributed by atoms with Crippen LogP contribution in [0.15, 0.2) is 36.7 Å². The summed E-state index contributed by atoms with van der Waals surface area (Å²) in [5, 5.41) is 21.6. The predicted molar refractivity (Wildman–Crippen MR) is 129 cm³/mol. The summed E-state index contributed by atoms with van der Waals surface area (Å²) in [5.74, 6) is -0.0105. The Morgan fingerprint density at radius 2 is 1.89 bits per heavy atom. The summed E-state index contributed by atoms with van der Waals surface area (Å²) in [6.45, 7) is 1.60. The normalized spacial score (nSPS) is 24.1. The maximum Gasteiger partial charge on any atom is 0.167 e. The Bertz CT molecular complexity index is 1340. The molecule has 3 aromatic rings. The number of hydrogen-bond acceptors (Lipinski definition) is 6. The first kappa shape index (κ1) is 22.4. The summed E-state index contributed by atoms with van der Waals surface area (Å²) in [7, 11) is 0. The number of piperidine rings is 2. The lowest BCUT2D eigenvalue weighted by atomic mass is 10.0. The van der Waals surface area contributed by atoms with Crippen LogP contribution in [0.4, 0.5) is 19.0 Å². The highest BCUT2D eigenvalue weighted by Gasteiger charge is 2.64. The number of rotatable bonds is 3. The average molecular weight is 500 g/mol. The van der Waals surface area contributed by atoms with Crippen LogP contribution >= 0.6 is 11.8 Å². The highest BCUT2D eigenvalue weighted by molar-refractivity contribution is 8.26. The number of amidine groups is 1. The van der Waals surface area contributed by atoms with Gasteiger partial charge in [0.15, 0.2) is 10.8 Å². The predicted octanol–water partition coefficient (Wildman–Crippen LogP) is 4.56. The van der Waals surface area contributed by atoms with Crippen molar-refractivity contribution < 1.29 is 13.2 Å². The van der Waals surface area contributed by atoms with Gasteiger partial charge < -0.3 is 9.80 Å². The molecule has 3 fully saturated rings. The van der Waals surface area contributed by atoms with Gasteiger partial charge in [-0.15, -0.1) is 0 Å². The highest BCUT2D eigenvalue weighted by Crippen LogP contribution is 2.63. The van der Waals surface area contributed by atoms with E-state index in [0.29, 0.717) is 55.1 Å². The van der Waals surface area contributed by atoms with Crippen molar-refractivity contribution in [1.82, 2.24) is 19.5 Å². The molecule has 11 heteroatoms. The molecule has 0 amide bonds. The molecule has 4 heterocycles. The van der Waals surface area contributed by atoms with Crippen molar-refractivity contribution in [3.8, 4) is 0 Å². The van der Waals surface area contributed by atoms with Gasteiger partial charge in [-0.3, -0.25) is 10.8 Å². The van der Waals surface area contributed by atoms with E-state index in [0.717, 1.165) is 30.7 Å². The molecule has 182 valence electrons. The molecular weight excluding hydrogens is 475 g/mol. The van der Waals surface area contributed by atoms with E-state index in [9.17, 15) is 13.2 Å². The summed E-state index contributed by atoms with van der Waals surface area (Å²) >= 11 is 0.998. The third kappa shape index (κ3) is 3.67. The molecule has 6 rings (SSSR count). The Labute approximate surface area is 204 Å². The summed E-state index contributed by atoms with van der Waals surface area (Å²) in [4.78, 5) is 8.62. The maximum absolute atomic E-state index is 14.7. The second-order valence-electron chi connectivity index (χ2n) is 9.40. The lowest BCUT2D eigenvalue weighted by molar-refractivity contribution is 0.206. The van der Waals surface area contributed by atoms with Gasteiger partial charge in [0.05, 0.1) is 17.3 Å². The van der Waals surface area contributed by atoms with E-state index < -0.39 is 23.3 Å². The molecule has 3 aliphatic rings. The minimum absolute atomic E-state index is 0.133. The number of benzene rings is 1. The van der Waals surface area contributed by atoms with E-state index in [1.54, 1.807) is 21.8 Å². The van der Waals surface area contributed by atoms with E-state index in [1.165, 1.54) is 12.1 Å². The van der Waals surface area contributed by atoms with Crippen LogP contribution < -0.4 is 4.90 Å². The highest BCUT2D eigenvalue weighted by atomic mass is 32.2. The summed E-state index contributed by atoms with van der Waals surface area (Å²) < 4.78 is 43.8. The van der Waals surface area contributed by atoms with Crippen molar-refractivity contribution in [3.05, 3.63) is 59.4 Å². The maximum atomic E-state index is 14.7. The second-order valence-corrected chi connectivity index (χ2v) is 10.4. The zero-order valence-corrected chi connectivity index (χ0v) is 19.7. The van der Waals surface area contributed by atoms with Crippen molar-refractivity contribution in [2.75, 3.05) is 24.5 Å². The Balaban J connectivity index is 1.28. The van der Waals surface area contributed by atoms with Gasteiger partial charge in [0.1, 0.15) is 28.7 Å².